The molecule has 6 nitrogen and oxygen atoms in total. The molecule has 0 fully saturated rings. The highest BCUT2D eigenvalue weighted by Crippen LogP contribution is 2.24. The van der Waals surface area contributed by atoms with Crippen molar-refractivity contribution >= 4 is 11.9 Å². The predicted molar refractivity (Wildman–Crippen MR) is 76.2 cm³/mol. The molecule has 21 heavy (non-hydrogen) atoms. The minimum atomic E-state index is -0.868. The summed E-state index contributed by atoms with van der Waals surface area (Å²) in [6.45, 7) is 3.62. The SMILES string of the molecule is CC(C)(CCC(=O)O)NC(=O)c1noc2c1CCCCC2. The molecule has 0 atom stereocenters. The van der Waals surface area contributed by atoms with E-state index >= 15 is 0 Å². The van der Waals surface area contributed by atoms with E-state index in [2.05, 4.69) is 10.5 Å². The highest BCUT2D eigenvalue weighted by atomic mass is 16.5. The molecule has 0 aliphatic heterocycles. The average molecular weight is 294 g/mol. The highest BCUT2D eigenvalue weighted by molar-refractivity contribution is 5.94. The van der Waals surface area contributed by atoms with Gasteiger partial charge in [0.05, 0.1) is 0 Å². The second-order valence-electron chi connectivity index (χ2n) is 6.23. The van der Waals surface area contributed by atoms with Crippen LogP contribution in [0.1, 0.15) is 67.8 Å². The van der Waals surface area contributed by atoms with E-state index in [0.29, 0.717) is 12.1 Å². The van der Waals surface area contributed by atoms with Crippen LogP contribution < -0.4 is 5.32 Å². The van der Waals surface area contributed by atoms with Gasteiger partial charge in [0.2, 0.25) is 0 Å². The molecule has 1 aromatic rings. The third-order valence-electron chi connectivity index (χ3n) is 3.83. The van der Waals surface area contributed by atoms with Crippen molar-refractivity contribution in [3.8, 4) is 0 Å². The second kappa shape index (κ2) is 6.28. The lowest BCUT2D eigenvalue weighted by atomic mass is 9.97. The molecule has 2 rings (SSSR count). The van der Waals surface area contributed by atoms with Crippen LogP contribution in [0.25, 0.3) is 0 Å². The molecule has 1 aliphatic carbocycles. The lowest BCUT2D eigenvalue weighted by Crippen LogP contribution is -2.44. The Morgan fingerprint density at radius 2 is 2.00 bits per heavy atom. The zero-order valence-electron chi connectivity index (χ0n) is 12.6. The number of aromatic nitrogens is 1. The third kappa shape index (κ3) is 4.06. The maximum Gasteiger partial charge on any atom is 0.303 e. The van der Waals surface area contributed by atoms with Crippen LogP contribution in [0.4, 0.5) is 0 Å². The molecule has 0 aromatic carbocycles. The van der Waals surface area contributed by atoms with Gasteiger partial charge in [-0.25, -0.2) is 0 Å². The predicted octanol–water partition coefficient (Wildman–Crippen LogP) is 2.32. The number of carboxylic acid groups (broad SMARTS) is 1. The first kappa shape index (κ1) is 15.5. The number of aryl methyl sites for hydroxylation is 1. The first-order chi connectivity index (χ1) is 9.89. The number of nitrogens with zero attached hydrogens (tertiary/aromatic N) is 1. The highest BCUT2D eigenvalue weighted by Gasteiger charge is 2.27. The van der Waals surface area contributed by atoms with Crippen LogP contribution in [-0.4, -0.2) is 27.7 Å². The molecule has 0 unspecified atom stereocenters. The largest absolute Gasteiger partial charge is 0.481 e. The molecular weight excluding hydrogens is 272 g/mol. The first-order valence-corrected chi connectivity index (χ1v) is 7.41. The van der Waals surface area contributed by atoms with Crippen molar-refractivity contribution in [3.05, 3.63) is 17.0 Å². The Balaban J connectivity index is 2.06. The van der Waals surface area contributed by atoms with Gasteiger partial charge >= 0.3 is 5.97 Å². The van der Waals surface area contributed by atoms with E-state index in [4.69, 9.17) is 9.63 Å². The van der Waals surface area contributed by atoms with Crippen LogP contribution in [0.5, 0.6) is 0 Å². The molecule has 6 heteroatoms. The lowest BCUT2D eigenvalue weighted by molar-refractivity contribution is -0.137. The number of fused-ring (bicyclic) bond motifs is 1. The fourth-order valence-electron chi connectivity index (χ4n) is 2.59. The molecular formula is C15H22N2O4. The van der Waals surface area contributed by atoms with Gasteiger partial charge in [0.15, 0.2) is 5.69 Å². The summed E-state index contributed by atoms with van der Waals surface area (Å²) in [5.41, 5.74) is 0.681. The summed E-state index contributed by atoms with van der Waals surface area (Å²) in [5, 5.41) is 15.5. The van der Waals surface area contributed by atoms with Crippen molar-refractivity contribution in [2.24, 2.45) is 0 Å². The maximum atomic E-state index is 12.4. The number of rotatable bonds is 5. The zero-order valence-corrected chi connectivity index (χ0v) is 12.6. The summed E-state index contributed by atoms with van der Waals surface area (Å²) >= 11 is 0. The van der Waals surface area contributed by atoms with Gasteiger partial charge in [-0.15, -0.1) is 0 Å². The molecule has 1 amide bonds. The number of carboxylic acids is 1. The van der Waals surface area contributed by atoms with Crippen LogP contribution in [0.3, 0.4) is 0 Å². The summed E-state index contributed by atoms with van der Waals surface area (Å²) in [6, 6.07) is 0. The van der Waals surface area contributed by atoms with Gasteiger partial charge in [0, 0.05) is 23.9 Å². The van der Waals surface area contributed by atoms with Crippen LogP contribution in [0.15, 0.2) is 4.52 Å². The maximum absolute atomic E-state index is 12.4. The van der Waals surface area contributed by atoms with Crippen LogP contribution in [0, 0.1) is 0 Å². The number of hydrogen-bond donors (Lipinski definition) is 2. The summed E-state index contributed by atoms with van der Waals surface area (Å²) < 4.78 is 5.30. The van der Waals surface area contributed by atoms with Crippen molar-refractivity contribution in [2.75, 3.05) is 0 Å². The number of carbonyl (C=O) groups is 2. The van der Waals surface area contributed by atoms with Gasteiger partial charge in [-0.2, -0.15) is 0 Å². The third-order valence-corrected chi connectivity index (χ3v) is 3.83. The molecule has 0 saturated carbocycles. The van der Waals surface area contributed by atoms with Gasteiger partial charge in [-0.3, -0.25) is 9.59 Å². The monoisotopic (exact) mass is 294 g/mol. The molecule has 0 saturated heterocycles. The summed E-state index contributed by atoms with van der Waals surface area (Å²) in [5.74, 6) is -0.328. The summed E-state index contributed by atoms with van der Waals surface area (Å²) in [7, 11) is 0. The van der Waals surface area contributed by atoms with Crippen LogP contribution in [-0.2, 0) is 17.6 Å². The standard InChI is InChI=1S/C15H22N2O4/c1-15(2,9-8-12(18)19)16-14(20)13-10-6-4-3-5-7-11(10)21-17-13/h3-9H2,1-2H3,(H,16,20)(H,18,19). The van der Waals surface area contributed by atoms with Crippen molar-refractivity contribution in [3.63, 3.8) is 0 Å². The van der Waals surface area contributed by atoms with E-state index < -0.39 is 11.5 Å². The van der Waals surface area contributed by atoms with E-state index in [0.717, 1.165) is 43.4 Å². The summed E-state index contributed by atoms with van der Waals surface area (Å²) in [4.78, 5) is 23.0. The number of nitrogens with one attached hydrogen (secondary N) is 1. The van der Waals surface area contributed by atoms with Gasteiger partial charge in [0.1, 0.15) is 5.76 Å². The van der Waals surface area contributed by atoms with Crippen LogP contribution in [0.2, 0.25) is 0 Å². The summed E-state index contributed by atoms with van der Waals surface area (Å²) in [6.07, 6.45) is 5.27. The minimum Gasteiger partial charge on any atom is -0.481 e. The Kier molecular flexibility index (Phi) is 4.65. The van der Waals surface area contributed by atoms with E-state index in [-0.39, 0.29) is 12.3 Å². The fourth-order valence-corrected chi connectivity index (χ4v) is 2.59. The first-order valence-electron chi connectivity index (χ1n) is 7.41. The van der Waals surface area contributed by atoms with E-state index in [1.54, 1.807) is 0 Å². The Morgan fingerprint density at radius 3 is 2.71 bits per heavy atom. The quantitative estimate of drug-likeness (QED) is 0.813. The van der Waals surface area contributed by atoms with Gasteiger partial charge in [0.25, 0.3) is 5.91 Å². The van der Waals surface area contributed by atoms with E-state index in [1.165, 1.54) is 0 Å². The van der Waals surface area contributed by atoms with Crippen molar-refractivity contribution in [1.29, 1.82) is 0 Å². The fraction of sp³-hybridized carbons (Fsp3) is 0.667. The number of hydrogen-bond acceptors (Lipinski definition) is 4. The molecule has 0 bridgehead atoms. The topological polar surface area (TPSA) is 92.4 Å². The van der Waals surface area contributed by atoms with Crippen LogP contribution >= 0.6 is 0 Å². The normalized spacial score (nSPS) is 15.1. The molecule has 0 radical (unpaired) electrons. The molecule has 2 N–H and O–H groups in total. The Morgan fingerprint density at radius 1 is 1.29 bits per heavy atom. The molecule has 1 heterocycles. The molecule has 116 valence electrons. The Bertz CT molecular complexity index is 534. The van der Waals surface area contributed by atoms with Crippen molar-refractivity contribution in [1.82, 2.24) is 10.5 Å². The number of aliphatic carboxylic acids is 1. The second-order valence-corrected chi connectivity index (χ2v) is 6.23. The Hall–Kier alpha value is -1.85. The van der Waals surface area contributed by atoms with Gasteiger partial charge < -0.3 is 14.9 Å². The molecule has 1 aliphatic rings. The van der Waals surface area contributed by atoms with E-state index in [1.807, 2.05) is 13.8 Å². The molecule has 0 spiro atoms. The van der Waals surface area contributed by atoms with Gasteiger partial charge in [-0.1, -0.05) is 11.6 Å². The number of amides is 1. The number of carbonyl (C=O) groups excluding carboxylic acids is 1. The zero-order chi connectivity index (χ0) is 15.5. The minimum absolute atomic E-state index is 0.0181. The van der Waals surface area contributed by atoms with E-state index in [9.17, 15) is 9.59 Å². The average Bonchev–Trinajstić information content (AvgIpc) is 2.66. The molecule has 1 aromatic heterocycles. The van der Waals surface area contributed by atoms with Crippen molar-refractivity contribution < 1.29 is 19.2 Å². The van der Waals surface area contributed by atoms with Crippen molar-refractivity contribution in [2.45, 2.75) is 64.3 Å². The Labute approximate surface area is 123 Å². The smallest absolute Gasteiger partial charge is 0.303 e. The lowest BCUT2D eigenvalue weighted by Gasteiger charge is -2.25. The van der Waals surface area contributed by atoms with Gasteiger partial charge in [-0.05, 0) is 39.5 Å².